The SMILES string of the molecule is CC(CC(=O)O)c1cccc2c(Cl)[nH]nc12. The maximum Gasteiger partial charge on any atom is 0.303 e. The van der Waals surface area contributed by atoms with Crippen molar-refractivity contribution in [3.63, 3.8) is 0 Å². The lowest BCUT2D eigenvalue weighted by molar-refractivity contribution is -0.137. The molecule has 1 unspecified atom stereocenters. The van der Waals surface area contributed by atoms with Gasteiger partial charge in [-0.1, -0.05) is 30.7 Å². The molecule has 16 heavy (non-hydrogen) atoms. The minimum atomic E-state index is -0.814. The van der Waals surface area contributed by atoms with Crippen molar-refractivity contribution in [2.24, 2.45) is 0 Å². The molecule has 0 radical (unpaired) electrons. The van der Waals surface area contributed by atoms with Crippen LogP contribution in [-0.4, -0.2) is 21.3 Å². The van der Waals surface area contributed by atoms with E-state index < -0.39 is 5.97 Å². The Bertz CT molecular complexity index is 536. The number of nitrogens with one attached hydrogen (secondary N) is 1. The van der Waals surface area contributed by atoms with Crippen LogP contribution < -0.4 is 0 Å². The molecule has 0 aliphatic rings. The third kappa shape index (κ3) is 1.88. The number of carboxylic acids is 1. The number of hydrogen-bond acceptors (Lipinski definition) is 2. The van der Waals surface area contributed by atoms with Crippen LogP contribution in [0.4, 0.5) is 0 Å². The minimum absolute atomic E-state index is 0.0828. The summed E-state index contributed by atoms with van der Waals surface area (Å²) in [7, 11) is 0. The molecule has 0 aliphatic heterocycles. The monoisotopic (exact) mass is 238 g/mol. The largest absolute Gasteiger partial charge is 0.481 e. The number of aromatic amines is 1. The Morgan fingerprint density at radius 2 is 2.38 bits per heavy atom. The van der Waals surface area contributed by atoms with Crippen LogP contribution in [0.2, 0.25) is 5.15 Å². The summed E-state index contributed by atoms with van der Waals surface area (Å²) in [6, 6.07) is 5.60. The maximum absolute atomic E-state index is 10.7. The first-order valence-electron chi connectivity index (χ1n) is 4.94. The molecule has 1 aromatic carbocycles. The molecule has 1 heterocycles. The molecule has 1 atom stereocenters. The van der Waals surface area contributed by atoms with Crippen molar-refractivity contribution < 1.29 is 9.90 Å². The molecule has 0 amide bonds. The number of carbonyl (C=O) groups is 1. The zero-order valence-electron chi connectivity index (χ0n) is 8.70. The molecule has 0 aliphatic carbocycles. The lowest BCUT2D eigenvalue weighted by atomic mass is 9.96. The molecule has 2 N–H and O–H groups in total. The van der Waals surface area contributed by atoms with Gasteiger partial charge in [-0.25, -0.2) is 0 Å². The topological polar surface area (TPSA) is 66.0 Å². The van der Waals surface area contributed by atoms with Crippen LogP contribution in [0.3, 0.4) is 0 Å². The number of fused-ring (bicyclic) bond motifs is 1. The number of carboxylic acid groups (broad SMARTS) is 1. The normalized spacial score (nSPS) is 12.9. The van der Waals surface area contributed by atoms with Gasteiger partial charge in [-0.3, -0.25) is 9.89 Å². The van der Waals surface area contributed by atoms with E-state index in [-0.39, 0.29) is 12.3 Å². The fourth-order valence-corrected chi connectivity index (χ4v) is 1.99. The van der Waals surface area contributed by atoms with Gasteiger partial charge in [-0.05, 0) is 17.5 Å². The predicted molar refractivity (Wildman–Crippen MR) is 61.8 cm³/mol. The summed E-state index contributed by atoms with van der Waals surface area (Å²) in [6.07, 6.45) is 0.0869. The highest BCUT2D eigenvalue weighted by Crippen LogP contribution is 2.29. The molecule has 0 saturated carbocycles. The first-order valence-corrected chi connectivity index (χ1v) is 5.31. The van der Waals surface area contributed by atoms with Gasteiger partial charge in [-0.2, -0.15) is 5.10 Å². The third-order valence-corrected chi connectivity index (χ3v) is 2.87. The lowest BCUT2D eigenvalue weighted by Crippen LogP contribution is -2.03. The molecule has 0 bridgehead atoms. The van der Waals surface area contributed by atoms with E-state index >= 15 is 0 Å². The second-order valence-electron chi connectivity index (χ2n) is 3.78. The maximum atomic E-state index is 10.7. The zero-order chi connectivity index (χ0) is 11.7. The zero-order valence-corrected chi connectivity index (χ0v) is 9.45. The number of benzene rings is 1. The van der Waals surface area contributed by atoms with Crippen LogP contribution in [0.25, 0.3) is 10.9 Å². The average molecular weight is 239 g/mol. The van der Waals surface area contributed by atoms with Crippen LogP contribution in [0, 0.1) is 0 Å². The van der Waals surface area contributed by atoms with Gasteiger partial charge in [0.2, 0.25) is 0 Å². The Morgan fingerprint density at radius 3 is 3.06 bits per heavy atom. The molecule has 5 heteroatoms. The molecule has 84 valence electrons. The average Bonchev–Trinajstić information content (AvgIpc) is 2.59. The van der Waals surface area contributed by atoms with Crippen molar-refractivity contribution in [2.45, 2.75) is 19.3 Å². The molecule has 4 nitrogen and oxygen atoms in total. The van der Waals surface area contributed by atoms with Gasteiger partial charge in [0.1, 0.15) is 5.15 Å². The predicted octanol–water partition coefficient (Wildman–Crippen LogP) is 2.79. The van der Waals surface area contributed by atoms with E-state index in [1.807, 2.05) is 25.1 Å². The lowest BCUT2D eigenvalue weighted by Gasteiger charge is -2.09. The second-order valence-corrected chi connectivity index (χ2v) is 4.16. The highest BCUT2D eigenvalue weighted by Gasteiger charge is 2.15. The van der Waals surface area contributed by atoms with Gasteiger partial charge >= 0.3 is 5.97 Å². The Labute approximate surface area is 97.2 Å². The fourth-order valence-electron chi connectivity index (χ4n) is 1.80. The number of H-pyrrole nitrogens is 1. The molecular weight excluding hydrogens is 228 g/mol. The van der Waals surface area contributed by atoms with Crippen LogP contribution in [-0.2, 0) is 4.79 Å². The smallest absolute Gasteiger partial charge is 0.303 e. The highest BCUT2D eigenvalue weighted by molar-refractivity contribution is 6.34. The number of halogens is 1. The Kier molecular flexibility index (Phi) is 2.83. The van der Waals surface area contributed by atoms with Crippen LogP contribution >= 0.6 is 11.6 Å². The molecule has 1 aromatic heterocycles. The summed E-state index contributed by atoms with van der Waals surface area (Å²) < 4.78 is 0. The Hall–Kier alpha value is -1.55. The van der Waals surface area contributed by atoms with Crippen molar-refractivity contribution in [2.75, 3.05) is 0 Å². The number of aromatic nitrogens is 2. The number of rotatable bonds is 3. The quantitative estimate of drug-likeness (QED) is 0.864. The summed E-state index contributed by atoms with van der Waals surface area (Å²) >= 11 is 5.92. The summed E-state index contributed by atoms with van der Waals surface area (Å²) in [6.45, 7) is 1.87. The minimum Gasteiger partial charge on any atom is -0.481 e. The van der Waals surface area contributed by atoms with Crippen molar-refractivity contribution >= 4 is 28.5 Å². The molecule has 2 rings (SSSR count). The van der Waals surface area contributed by atoms with Gasteiger partial charge in [-0.15, -0.1) is 0 Å². The van der Waals surface area contributed by atoms with Crippen molar-refractivity contribution in [1.82, 2.24) is 10.2 Å². The summed E-state index contributed by atoms with van der Waals surface area (Å²) in [4.78, 5) is 10.7. The second kappa shape index (κ2) is 4.14. The van der Waals surface area contributed by atoms with Gasteiger partial charge in [0, 0.05) is 5.39 Å². The van der Waals surface area contributed by atoms with Crippen LogP contribution in [0.15, 0.2) is 18.2 Å². The summed E-state index contributed by atoms with van der Waals surface area (Å²) in [5, 5.41) is 16.9. The Morgan fingerprint density at radius 1 is 1.62 bits per heavy atom. The van der Waals surface area contributed by atoms with Crippen LogP contribution in [0.1, 0.15) is 24.8 Å². The van der Waals surface area contributed by atoms with E-state index in [9.17, 15) is 4.79 Å². The first kappa shape index (κ1) is 11.0. The van der Waals surface area contributed by atoms with E-state index in [2.05, 4.69) is 10.2 Å². The van der Waals surface area contributed by atoms with E-state index in [1.54, 1.807) is 0 Å². The highest BCUT2D eigenvalue weighted by atomic mass is 35.5. The molecular formula is C11H11ClN2O2. The Balaban J connectivity index is 2.48. The number of nitrogens with zero attached hydrogens (tertiary/aromatic N) is 1. The molecule has 0 fully saturated rings. The van der Waals surface area contributed by atoms with Gasteiger partial charge < -0.3 is 5.11 Å². The third-order valence-electron chi connectivity index (χ3n) is 2.58. The van der Waals surface area contributed by atoms with E-state index in [4.69, 9.17) is 16.7 Å². The van der Waals surface area contributed by atoms with Crippen LogP contribution in [0.5, 0.6) is 0 Å². The standard InChI is InChI=1S/C11H11ClN2O2/c1-6(5-9(15)16)7-3-2-4-8-10(7)13-14-11(8)12/h2-4,6H,5H2,1H3,(H,13,14)(H,15,16). The van der Waals surface area contributed by atoms with Crippen molar-refractivity contribution in [3.05, 3.63) is 28.9 Å². The summed E-state index contributed by atoms with van der Waals surface area (Å²) in [5.41, 5.74) is 1.66. The van der Waals surface area contributed by atoms with Gasteiger partial charge in [0.05, 0.1) is 11.9 Å². The molecule has 2 aromatic rings. The van der Waals surface area contributed by atoms with E-state index in [1.165, 1.54) is 0 Å². The summed E-state index contributed by atoms with van der Waals surface area (Å²) in [5.74, 6) is -0.897. The van der Waals surface area contributed by atoms with Crippen molar-refractivity contribution in [3.8, 4) is 0 Å². The first-order chi connectivity index (χ1) is 7.59. The number of aliphatic carboxylic acids is 1. The number of hydrogen-bond donors (Lipinski definition) is 2. The van der Waals surface area contributed by atoms with E-state index in [0.29, 0.717) is 5.15 Å². The molecule has 0 saturated heterocycles. The number of para-hydroxylation sites is 1. The van der Waals surface area contributed by atoms with Gasteiger partial charge in [0.25, 0.3) is 0 Å². The van der Waals surface area contributed by atoms with Gasteiger partial charge in [0.15, 0.2) is 0 Å². The van der Waals surface area contributed by atoms with E-state index in [0.717, 1.165) is 16.5 Å². The molecule has 0 spiro atoms. The fraction of sp³-hybridized carbons (Fsp3) is 0.273. The van der Waals surface area contributed by atoms with Crippen molar-refractivity contribution in [1.29, 1.82) is 0 Å².